The number of nitrogens with two attached hydrogens (primary N) is 1. The predicted octanol–water partition coefficient (Wildman–Crippen LogP) is 1.10. The van der Waals surface area contributed by atoms with Crippen molar-refractivity contribution in [3.8, 4) is 0 Å². The van der Waals surface area contributed by atoms with E-state index in [1.54, 1.807) is 0 Å². The highest BCUT2D eigenvalue weighted by Crippen LogP contribution is 2.18. The molecule has 0 saturated heterocycles. The fraction of sp³-hybridized carbons (Fsp3) is 0.533. The summed E-state index contributed by atoms with van der Waals surface area (Å²) in [7, 11) is 0. The summed E-state index contributed by atoms with van der Waals surface area (Å²) in [6, 6.07) is 5.62. The largest absolute Gasteiger partial charge is 0.394 e. The van der Waals surface area contributed by atoms with Crippen LogP contribution in [0.4, 0.5) is 0 Å². The van der Waals surface area contributed by atoms with Gasteiger partial charge in [-0.15, -0.1) is 0 Å². The number of rotatable bonds is 6. The summed E-state index contributed by atoms with van der Waals surface area (Å²) >= 11 is 0. The summed E-state index contributed by atoms with van der Waals surface area (Å²) < 4.78 is 0. The van der Waals surface area contributed by atoms with E-state index in [4.69, 9.17) is 10.8 Å². The molecule has 1 aromatic rings. The number of nitrogens with one attached hydrogen (secondary N) is 1. The van der Waals surface area contributed by atoms with E-state index in [1.165, 1.54) is 16.7 Å². The molecule has 106 valence electrons. The molecule has 0 fully saturated rings. The van der Waals surface area contributed by atoms with Crippen molar-refractivity contribution >= 4 is 5.91 Å². The molecule has 1 amide bonds. The zero-order valence-corrected chi connectivity index (χ0v) is 11.9. The van der Waals surface area contributed by atoms with Crippen LogP contribution < -0.4 is 11.1 Å². The molecule has 0 radical (unpaired) electrons. The lowest BCUT2D eigenvalue weighted by atomic mass is 9.96. The van der Waals surface area contributed by atoms with Gasteiger partial charge in [-0.05, 0) is 36.0 Å². The lowest BCUT2D eigenvalue weighted by Crippen LogP contribution is -2.43. The maximum Gasteiger partial charge on any atom is 0.239 e. The van der Waals surface area contributed by atoms with Crippen molar-refractivity contribution in [2.45, 2.75) is 39.2 Å². The van der Waals surface area contributed by atoms with Gasteiger partial charge in [-0.3, -0.25) is 4.79 Å². The SMILES string of the molecule is Cc1ccc(C(C)C)cc1CCNC(=O)C(N)CO. The van der Waals surface area contributed by atoms with Gasteiger partial charge in [-0.1, -0.05) is 32.0 Å². The molecule has 4 heteroatoms. The molecule has 0 heterocycles. The van der Waals surface area contributed by atoms with Crippen LogP contribution in [-0.4, -0.2) is 30.2 Å². The molecule has 1 aromatic carbocycles. The average molecular weight is 264 g/mol. The molecule has 0 aliphatic heterocycles. The minimum atomic E-state index is -0.830. The first kappa shape index (κ1) is 15.7. The number of amides is 1. The Hall–Kier alpha value is -1.39. The number of carbonyl (C=O) groups excluding carboxylic acids is 1. The van der Waals surface area contributed by atoms with Gasteiger partial charge >= 0.3 is 0 Å². The summed E-state index contributed by atoms with van der Waals surface area (Å²) in [5.74, 6) is 0.192. The van der Waals surface area contributed by atoms with Crippen molar-refractivity contribution in [2.75, 3.05) is 13.2 Å². The van der Waals surface area contributed by atoms with Crippen LogP contribution in [0.1, 0.15) is 36.5 Å². The maximum absolute atomic E-state index is 11.4. The van der Waals surface area contributed by atoms with E-state index < -0.39 is 6.04 Å². The number of carbonyl (C=O) groups is 1. The monoisotopic (exact) mass is 264 g/mol. The molecule has 0 aromatic heterocycles. The van der Waals surface area contributed by atoms with Crippen molar-refractivity contribution in [3.05, 3.63) is 34.9 Å². The van der Waals surface area contributed by atoms with Crippen LogP contribution in [0.15, 0.2) is 18.2 Å². The van der Waals surface area contributed by atoms with Gasteiger partial charge in [0.25, 0.3) is 0 Å². The Balaban J connectivity index is 2.58. The van der Waals surface area contributed by atoms with Gasteiger partial charge in [0.05, 0.1) is 6.61 Å². The maximum atomic E-state index is 11.4. The smallest absolute Gasteiger partial charge is 0.239 e. The van der Waals surface area contributed by atoms with E-state index >= 15 is 0 Å². The molecular weight excluding hydrogens is 240 g/mol. The number of aryl methyl sites for hydroxylation is 1. The number of aliphatic hydroxyl groups excluding tert-OH is 1. The number of hydrogen-bond acceptors (Lipinski definition) is 3. The van der Waals surface area contributed by atoms with Gasteiger partial charge < -0.3 is 16.2 Å². The van der Waals surface area contributed by atoms with Gasteiger partial charge in [0.15, 0.2) is 0 Å². The highest BCUT2D eigenvalue weighted by atomic mass is 16.3. The molecule has 0 aliphatic carbocycles. The molecule has 4 nitrogen and oxygen atoms in total. The predicted molar refractivity (Wildman–Crippen MR) is 77.0 cm³/mol. The Morgan fingerprint density at radius 2 is 2.11 bits per heavy atom. The summed E-state index contributed by atoms with van der Waals surface area (Å²) in [5, 5.41) is 11.5. The first-order valence-electron chi connectivity index (χ1n) is 6.69. The zero-order chi connectivity index (χ0) is 14.4. The Labute approximate surface area is 115 Å². The highest BCUT2D eigenvalue weighted by Gasteiger charge is 2.11. The van der Waals surface area contributed by atoms with E-state index in [0.29, 0.717) is 12.5 Å². The van der Waals surface area contributed by atoms with Crippen LogP contribution >= 0.6 is 0 Å². The standard InChI is InChI=1S/C15H24N2O2/c1-10(2)12-5-4-11(3)13(8-12)6-7-17-15(19)14(16)9-18/h4-5,8,10,14,18H,6-7,9,16H2,1-3H3,(H,17,19). The third kappa shape index (κ3) is 4.65. The minimum Gasteiger partial charge on any atom is -0.394 e. The summed E-state index contributed by atoms with van der Waals surface area (Å²) in [4.78, 5) is 11.4. The van der Waals surface area contributed by atoms with Crippen LogP contribution in [0, 0.1) is 6.92 Å². The highest BCUT2D eigenvalue weighted by molar-refractivity contribution is 5.81. The van der Waals surface area contributed by atoms with Gasteiger partial charge in [-0.2, -0.15) is 0 Å². The van der Waals surface area contributed by atoms with Crippen molar-refractivity contribution < 1.29 is 9.90 Å². The topological polar surface area (TPSA) is 75.4 Å². The normalized spacial score (nSPS) is 12.5. The second-order valence-electron chi connectivity index (χ2n) is 5.17. The van der Waals surface area contributed by atoms with Crippen LogP contribution in [0.2, 0.25) is 0 Å². The van der Waals surface area contributed by atoms with E-state index in [9.17, 15) is 4.79 Å². The molecule has 1 unspecified atom stereocenters. The Bertz CT molecular complexity index is 430. The van der Waals surface area contributed by atoms with Gasteiger partial charge in [0, 0.05) is 6.54 Å². The van der Waals surface area contributed by atoms with Gasteiger partial charge in [-0.25, -0.2) is 0 Å². The molecule has 0 spiro atoms. The molecule has 4 N–H and O–H groups in total. The van der Waals surface area contributed by atoms with Crippen LogP contribution in [-0.2, 0) is 11.2 Å². The average Bonchev–Trinajstić information content (AvgIpc) is 2.39. The van der Waals surface area contributed by atoms with E-state index in [0.717, 1.165) is 6.42 Å². The van der Waals surface area contributed by atoms with E-state index in [2.05, 4.69) is 44.3 Å². The third-order valence-corrected chi connectivity index (χ3v) is 3.27. The van der Waals surface area contributed by atoms with Crippen molar-refractivity contribution in [2.24, 2.45) is 5.73 Å². The molecule has 0 aliphatic rings. The Morgan fingerprint density at radius 1 is 1.42 bits per heavy atom. The lowest BCUT2D eigenvalue weighted by Gasteiger charge is -2.13. The second kappa shape index (κ2) is 7.26. The molecule has 19 heavy (non-hydrogen) atoms. The number of hydrogen-bond donors (Lipinski definition) is 3. The van der Waals surface area contributed by atoms with Crippen molar-refractivity contribution in [1.29, 1.82) is 0 Å². The van der Waals surface area contributed by atoms with Crippen molar-refractivity contribution in [1.82, 2.24) is 5.32 Å². The molecular formula is C15H24N2O2. The van der Waals surface area contributed by atoms with Gasteiger partial charge in [0.2, 0.25) is 5.91 Å². The summed E-state index contributed by atoms with van der Waals surface area (Å²) in [5.41, 5.74) is 9.20. The van der Waals surface area contributed by atoms with Gasteiger partial charge in [0.1, 0.15) is 6.04 Å². The summed E-state index contributed by atoms with van der Waals surface area (Å²) in [6.07, 6.45) is 0.774. The molecule has 0 bridgehead atoms. The van der Waals surface area contributed by atoms with Crippen LogP contribution in [0.3, 0.4) is 0 Å². The summed E-state index contributed by atoms with van der Waals surface area (Å²) in [6.45, 7) is 6.61. The second-order valence-corrected chi connectivity index (χ2v) is 5.17. The van der Waals surface area contributed by atoms with Crippen LogP contribution in [0.25, 0.3) is 0 Å². The molecule has 1 atom stereocenters. The fourth-order valence-electron chi connectivity index (χ4n) is 1.85. The molecule has 1 rings (SSSR count). The lowest BCUT2D eigenvalue weighted by molar-refractivity contribution is -0.123. The number of benzene rings is 1. The van der Waals surface area contributed by atoms with E-state index in [-0.39, 0.29) is 12.5 Å². The fourth-order valence-corrected chi connectivity index (χ4v) is 1.85. The zero-order valence-electron chi connectivity index (χ0n) is 11.9. The van der Waals surface area contributed by atoms with Crippen LogP contribution in [0.5, 0.6) is 0 Å². The Morgan fingerprint density at radius 3 is 2.68 bits per heavy atom. The third-order valence-electron chi connectivity index (χ3n) is 3.27. The van der Waals surface area contributed by atoms with Crippen molar-refractivity contribution in [3.63, 3.8) is 0 Å². The Kier molecular flexibility index (Phi) is 5.99. The first-order valence-corrected chi connectivity index (χ1v) is 6.69. The molecule has 0 saturated carbocycles. The quantitative estimate of drug-likeness (QED) is 0.720. The minimum absolute atomic E-state index is 0.305. The first-order chi connectivity index (χ1) is 8.95. The number of aliphatic hydroxyl groups is 1. The van der Waals surface area contributed by atoms with E-state index in [1.807, 2.05) is 0 Å².